The number of pyridine rings is 1. The maximum absolute atomic E-state index is 12.3. The summed E-state index contributed by atoms with van der Waals surface area (Å²) in [5.74, 6) is -0.126. The highest BCUT2D eigenvalue weighted by atomic mass is 16.1. The van der Waals surface area contributed by atoms with Gasteiger partial charge in [0.15, 0.2) is 0 Å². The van der Waals surface area contributed by atoms with E-state index in [2.05, 4.69) is 15.3 Å². The molecule has 0 aliphatic rings. The number of aromatic amines is 1. The fraction of sp³-hybridized carbons (Fsp3) is 0.0667. The average Bonchev–Trinajstić information content (AvgIpc) is 2.86. The number of carbonyl (C=O) groups excluding carboxylic acids is 1. The summed E-state index contributed by atoms with van der Waals surface area (Å²) < 4.78 is 0. The van der Waals surface area contributed by atoms with Crippen LogP contribution in [0.2, 0.25) is 0 Å². The third-order valence-corrected chi connectivity index (χ3v) is 2.99. The van der Waals surface area contributed by atoms with Crippen LogP contribution >= 0.6 is 0 Å². The second kappa shape index (κ2) is 4.57. The van der Waals surface area contributed by atoms with Gasteiger partial charge in [0, 0.05) is 29.2 Å². The summed E-state index contributed by atoms with van der Waals surface area (Å²) in [4.78, 5) is 19.5. The zero-order valence-electron chi connectivity index (χ0n) is 10.5. The molecule has 0 aliphatic heterocycles. The lowest BCUT2D eigenvalue weighted by atomic mass is 10.1. The number of nitrogens with zero attached hydrogens (tertiary/aromatic N) is 1. The molecule has 1 aromatic carbocycles. The molecule has 4 heteroatoms. The van der Waals surface area contributed by atoms with E-state index in [1.807, 2.05) is 43.5 Å². The molecule has 19 heavy (non-hydrogen) atoms. The van der Waals surface area contributed by atoms with E-state index >= 15 is 0 Å². The number of benzene rings is 1. The Balaban J connectivity index is 1.94. The van der Waals surface area contributed by atoms with E-state index < -0.39 is 0 Å². The van der Waals surface area contributed by atoms with E-state index in [9.17, 15) is 4.79 Å². The molecule has 0 bridgehead atoms. The Labute approximate surface area is 110 Å². The van der Waals surface area contributed by atoms with Crippen molar-refractivity contribution in [2.45, 2.75) is 6.92 Å². The van der Waals surface area contributed by atoms with E-state index in [0.29, 0.717) is 5.56 Å². The minimum atomic E-state index is -0.126. The lowest BCUT2D eigenvalue weighted by molar-refractivity contribution is 0.102. The first-order valence-electron chi connectivity index (χ1n) is 6.04. The zero-order valence-corrected chi connectivity index (χ0v) is 10.5. The number of rotatable bonds is 2. The highest BCUT2D eigenvalue weighted by Crippen LogP contribution is 2.18. The Morgan fingerprint density at radius 2 is 2.16 bits per heavy atom. The summed E-state index contributed by atoms with van der Waals surface area (Å²) in [6.07, 6.45) is 3.51. The van der Waals surface area contributed by atoms with E-state index in [4.69, 9.17) is 0 Å². The van der Waals surface area contributed by atoms with E-state index in [1.165, 1.54) is 0 Å². The van der Waals surface area contributed by atoms with Gasteiger partial charge >= 0.3 is 0 Å². The van der Waals surface area contributed by atoms with Gasteiger partial charge < -0.3 is 10.3 Å². The van der Waals surface area contributed by atoms with Crippen molar-refractivity contribution in [2.75, 3.05) is 5.32 Å². The monoisotopic (exact) mass is 251 g/mol. The predicted molar refractivity (Wildman–Crippen MR) is 75.2 cm³/mol. The van der Waals surface area contributed by atoms with Crippen molar-refractivity contribution >= 4 is 22.5 Å². The second-order valence-corrected chi connectivity index (χ2v) is 4.39. The number of aryl methyl sites for hydroxylation is 1. The van der Waals surface area contributed by atoms with Crippen molar-refractivity contribution in [1.29, 1.82) is 0 Å². The lowest BCUT2D eigenvalue weighted by Crippen LogP contribution is -2.12. The van der Waals surface area contributed by atoms with Crippen LogP contribution in [0.1, 0.15) is 16.1 Å². The van der Waals surface area contributed by atoms with E-state index in [0.717, 1.165) is 22.3 Å². The Morgan fingerprint density at radius 1 is 1.26 bits per heavy atom. The molecule has 0 saturated carbocycles. The Kier molecular flexibility index (Phi) is 2.76. The van der Waals surface area contributed by atoms with Gasteiger partial charge in [0.2, 0.25) is 0 Å². The summed E-state index contributed by atoms with van der Waals surface area (Å²) in [6, 6.07) is 11.2. The lowest BCUT2D eigenvalue weighted by Gasteiger charge is -2.06. The average molecular weight is 251 g/mol. The number of amides is 1. The van der Waals surface area contributed by atoms with Gasteiger partial charge in [0.25, 0.3) is 5.91 Å². The number of aromatic nitrogens is 2. The molecule has 3 aromatic rings. The Morgan fingerprint density at radius 3 is 3.00 bits per heavy atom. The molecule has 2 heterocycles. The number of nitrogens with one attached hydrogen (secondary N) is 2. The molecule has 0 spiro atoms. The molecule has 0 saturated heterocycles. The van der Waals surface area contributed by atoms with Crippen molar-refractivity contribution < 1.29 is 4.79 Å². The molecule has 0 atom stereocenters. The number of H-pyrrole nitrogens is 1. The number of para-hydroxylation sites is 1. The van der Waals surface area contributed by atoms with Crippen molar-refractivity contribution in [2.24, 2.45) is 0 Å². The molecule has 0 unspecified atom stereocenters. The van der Waals surface area contributed by atoms with E-state index in [1.54, 1.807) is 12.3 Å². The minimum absolute atomic E-state index is 0.126. The van der Waals surface area contributed by atoms with Gasteiger partial charge in [-0.25, -0.2) is 0 Å². The number of carbonyl (C=O) groups is 1. The minimum Gasteiger partial charge on any atom is -0.361 e. The number of anilines is 1. The molecule has 0 radical (unpaired) electrons. The first kappa shape index (κ1) is 11.5. The maximum atomic E-state index is 12.3. The summed E-state index contributed by atoms with van der Waals surface area (Å²) in [6.45, 7) is 1.89. The summed E-state index contributed by atoms with van der Waals surface area (Å²) in [5.41, 5.74) is 3.11. The van der Waals surface area contributed by atoms with Gasteiger partial charge in [-0.1, -0.05) is 12.1 Å². The Bertz CT molecular complexity index is 746. The Hall–Kier alpha value is -2.62. The van der Waals surface area contributed by atoms with Gasteiger partial charge in [0.1, 0.15) is 0 Å². The van der Waals surface area contributed by atoms with Crippen LogP contribution in [-0.2, 0) is 0 Å². The van der Waals surface area contributed by atoms with Crippen LogP contribution in [0.5, 0.6) is 0 Å². The topological polar surface area (TPSA) is 57.8 Å². The molecule has 0 fully saturated rings. The molecular formula is C15H13N3O. The quantitative estimate of drug-likeness (QED) is 0.735. The van der Waals surface area contributed by atoms with Crippen LogP contribution < -0.4 is 5.32 Å². The predicted octanol–water partition coefficient (Wildman–Crippen LogP) is 3.12. The third-order valence-electron chi connectivity index (χ3n) is 2.99. The normalized spacial score (nSPS) is 10.6. The largest absolute Gasteiger partial charge is 0.361 e. The molecule has 2 aromatic heterocycles. The van der Waals surface area contributed by atoms with Crippen LogP contribution in [0.25, 0.3) is 10.9 Å². The molecule has 1 amide bonds. The van der Waals surface area contributed by atoms with E-state index in [-0.39, 0.29) is 5.91 Å². The summed E-state index contributed by atoms with van der Waals surface area (Å²) in [5, 5.41) is 3.91. The zero-order chi connectivity index (χ0) is 13.2. The summed E-state index contributed by atoms with van der Waals surface area (Å²) in [7, 11) is 0. The molecule has 4 nitrogen and oxygen atoms in total. The maximum Gasteiger partial charge on any atom is 0.257 e. The van der Waals surface area contributed by atoms with Gasteiger partial charge in [-0.05, 0) is 31.2 Å². The molecule has 2 N–H and O–H groups in total. The molecule has 94 valence electrons. The first-order chi connectivity index (χ1) is 9.24. The second-order valence-electron chi connectivity index (χ2n) is 4.39. The number of hydrogen-bond acceptors (Lipinski definition) is 2. The van der Waals surface area contributed by atoms with Gasteiger partial charge in [-0.2, -0.15) is 0 Å². The first-order valence-corrected chi connectivity index (χ1v) is 6.04. The van der Waals surface area contributed by atoms with Gasteiger partial charge in [0.05, 0.1) is 11.1 Å². The number of hydrogen-bond donors (Lipinski definition) is 2. The van der Waals surface area contributed by atoms with Crippen LogP contribution in [0.3, 0.4) is 0 Å². The van der Waals surface area contributed by atoms with Gasteiger partial charge in [-0.15, -0.1) is 0 Å². The highest BCUT2D eigenvalue weighted by Gasteiger charge is 2.10. The molecular weight excluding hydrogens is 238 g/mol. The van der Waals surface area contributed by atoms with Gasteiger partial charge in [-0.3, -0.25) is 9.78 Å². The highest BCUT2D eigenvalue weighted by molar-refractivity contribution is 6.11. The van der Waals surface area contributed by atoms with Crippen LogP contribution in [0, 0.1) is 6.92 Å². The van der Waals surface area contributed by atoms with Crippen molar-refractivity contribution in [3.63, 3.8) is 0 Å². The number of fused-ring (bicyclic) bond motifs is 1. The summed E-state index contributed by atoms with van der Waals surface area (Å²) >= 11 is 0. The van der Waals surface area contributed by atoms with Crippen LogP contribution in [0.4, 0.5) is 5.69 Å². The smallest absolute Gasteiger partial charge is 0.257 e. The van der Waals surface area contributed by atoms with Crippen molar-refractivity contribution in [3.8, 4) is 0 Å². The standard InChI is InChI=1S/C15H13N3O/c1-10-9-12(6-8-16-10)18-15(19)13-4-2-3-11-5-7-17-14(11)13/h2-9,17H,1H3,(H,16,18,19). The third kappa shape index (κ3) is 2.20. The fourth-order valence-electron chi connectivity index (χ4n) is 2.10. The van der Waals surface area contributed by atoms with Crippen LogP contribution in [-0.4, -0.2) is 15.9 Å². The van der Waals surface area contributed by atoms with Crippen molar-refractivity contribution in [3.05, 3.63) is 60.0 Å². The SMILES string of the molecule is Cc1cc(NC(=O)c2cccc3cc[nH]c23)ccn1. The fourth-order valence-corrected chi connectivity index (χ4v) is 2.10. The molecule has 0 aliphatic carbocycles. The van der Waals surface area contributed by atoms with Crippen LogP contribution in [0.15, 0.2) is 48.8 Å². The van der Waals surface area contributed by atoms with Crippen molar-refractivity contribution in [1.82, 2.24) is 9.97 Å². The molecule has 3 rings (SSSR count).